The standard InChI is InChI=1S/C18H25NO/c1-4-13-20-16-10-6-5-9-15(16)14-19-17-11-7-8-12-18(17,2)3/h1,5-6,9-10,17,19H,7-8,11-14H2,2-3H3. The molecule has 1 aromatic carbocycles. The predicted molar refractivity (Wildman–Crippen MR) is 83.6 cm³/mol. The van der Waals surface area contributed by atoms with Gasteiger partial charge in [0.05, 0.1) is 0 Å². The van der Waals surface area contributed by atoms with Crippen LogP contribution >= 0.6 is 0 Å². The van der Waals surface area contributed by atoms with Crippen LogP contribution in [0, 0.1) is 17.8 Å². The molecule has 0 bridgehead atoms. The van der Waals surface area contributed by atoms with E-state index in [0.29, 0.717) is 18.1 Å². The second-order valence-electron chi connectivity index (χ2n) is 6.27. The highest BCUT2D eigenvalue weighted by Crippen LogP contribution is 2.35. The maximum atomic E-state index is 5.60. The van der Waals surface area contributed by atoms with Crippen LogP contribution in [-0.4, -0.2) is 12.6 Å². The van der Waals surface area contributed by atoms with Crippen molar-refractivity contribution in [1.82, 2.24) is 5.32 Å². The Morgan fingerprint density at radius 2 is 2.15 bits per heavy atom. The smallest absolute Gasteiger partial charge is 0.148 e. The fourth-order valence-electron chi connectivity index (χ4n) is 3.02. The second-order valence-corrected chi connectivity index (χ2v) is 6.27. The van der Waals surface area contributed by atoms with Gasteiger partial charge in [0.2, 0.25) is 0 Å². The number of hydrogen-bond donors (Lipinski definition) is 1. The van der Waals surface area contributed by atoms with Crippen LogP contribution in [0.15, 0.2) is 24.3 Å². The van der Waals surface area contributed by atoms with Crippen LogP contribution < -0.4 is 10.1 Å². The molecule has 2 rings (SSSR count). The Bertz CT molecular complexity index is 473. The summed E-state index contributed by atoms with van der Waals surface area (Å²) < 4.78 is 5.60. The third-order valence-corrected chi connectivity index (χ3v) is 4.33. The van der Waals surface area contributed by atoms with Gasteiger partial charge in [-0.1, -0.05) is 50.8 Å². The van der Waals surface area contributed by atoms with Gasteiger partial charge in [-0.2, -0.15) is 0 Å². The molecule has 1 atom stereocenters. The molecule has 0 saturated heterocycles. The summed E-state index contributed by atoms with van der Waals surface area (Å²) in [5.74, 6) is 3.41. The molecule has 0 aromatic heterocycles. The Kier molecular flexibility index (Phi) is 5.09. The highest BCUT2D eigenvalue weighted by atomic mass is 16.5. The number of nitrogens with one attached hydrogen (secondary N) is 1. The van der Waals surface area contributed by atoms with Gasteiger partial charge in [-0.25, -0.2) is 0 Å². The largest absolute Gasteiger partial charge is 0.481 e. The number of ether oxygens (including phenoxy) is 1. The Balaban J connectivity index is 1.98. The maximum absolute atomic E-state index is 5.60. The summed E-state index contributed by atoms with van der Waals surface area (Å²) in [5.41, 5.74) is 1.57. The summed E-state index contributed by atoms with van der Waals surface area (Å²) in [6.07, 6.45) is 10.5. The summed E-state index contributed by atoms with van der Waals surface area (Å²) >= 11 is 0. The summed E-state index contributed by atoms with van der Waals surface area (Å²) in [5, 5.41) is 3.71. The lowest BCUT2D eigenvalue weighted by Crippen LogP contribution is -2.43. The number of terminal acetylenes is 1. The lowest BCUT2D eigenvalue weighted by molar-refractivity contribution is 0.166. The molecular weight excluding hydrogens is 246 g/mol. The van der Waals surface area contributed by atoms with Crippen molar-refractivity contribution in [2.45, 2.75) is 52.1 Å². The highest BCUT2D eigenvalue weighted by molar-refractivity contribution is 5.33. The molecule has 1 aliphatic carbocycles. The first-order valence-electron chi connectivity index (χ1n) is 7.51. The van der Waals surface area contributed by atoms with Crippen LogP contribution in [0.4, 0.5) is 0 Å². The van der Waals surface area contributed by atoms with Crippen molar-refractivity contribution in [3.05, 3.63) is 29.8 Å². The molecule has 20 heavy (non-hydrogen) atoms. The minimum atomic E-state index is 0.325. The lowest BCUT2D eigenvalue weighted by Gasteiger charge is -2.39. The number of hydrogen-bond acceptors (Lipinski definition) is 2. The van der Waals surface area contributed by atoms with Crippen LogP contribution in [0.5, 0.6) is 5.75 Å². The van der Waals surface area contributed by atoms with Crippen molar-refractivity contribution in [2.24, 2.45) is 5.41 Å². The summed E-state index contributed by atoms with van der Waals surface area (Å²) in [7, 11) is 0. The molecule has 0 spiro atoms. The molecule has 0 radical (unpaired) electrons. The normalized spacial score (nSPS) is 21.1. The second kappa shape index (κ2) is 6.81. The van der Waals surface area contributed by atoms with E-state index in [1.54, 1.807) is 0 Å². The van der Waals surface area contributed by atoms with E-state index in [9.17, 15) is 0 Å². The van der Waals surface area contributed by atoms with Crippen LogP contribution in [-0.2, 0) is 6.54 Å². The molecule has 2 heteroatoms. The minimum absolute atomic E-state index is 0.325. The molecule has 1 unspecified atom stereocenters. The van der Waals surface area contributed by atoms with Crippen LogP contribution in [0.25, 0.3) is 0 Å². The van der Waals surface area contributed by atoms with E-state index in [-0.39, 0.29) is 0 Å². The third kappa shape index (κ3) is 3.77. The fraction of sp³-hybridized carbons (Fsp3) is 0.556. The van der Waals surface area contributed by atoms with Gasteiger partial charge in [0.15, 0.2) is 0 Å². The molecule has 108 valence electrons. The first kappa shape index (κ1) is 14.9. The molecule has 1 aromatic rings. The van der Waals surface area contributed by atoms with Crippen molar-refractivity contribution < 1.29 is 4.74 Å². The monoisotopic (exact) mass is 271 g/mol. The van der Waals surface area contributed by atoms with E-state index in [4.69, 9.17) is 11.2 Å². The van der Waals surface area contributed by atoms with Crippen LogP contribution in [0.3, 0.4) is 0 Å². The van der Waals surface area contributed by atoms with Gasteiger partial charge in [0, 0.05) is 18.2 Å². The maximum Gasteiger partial charge on any atom is 0.148 e. The Hall–Kier alpha value is -1.46. The van der Waals surface area contributed by atoms with E-state index < -0.39 is 0 Å². The number of para-hydroxylation sites is 1. The van der Waals surface area contributed by atoms with E-state index in [0.717, 1.165) is 12.3 Å². The zero-order valence-electron chi connectivity index (χ0n) is 12.6. The van der Waals surface area contributed by atoms with Crippen molar-refractivity contribution in [3.63, 3.8) is 0 Å². The Morgan fingerprint density at radius 1 is 1.35 bits per heavy atom. The van der Waals surface area contributed by atoms with E-state index in [1.807, 2.05) is 18.2 Å². The molecule has 0 aliphatic heterocycles. The molecule has 1 saturated carbocycles. The quantitative estimate of drug-likeness (QED) is 0.823. The topological polar surface area (TPSA) is 21.3 Å². The summed E-state index contributed by atoms with van der Waals surface area (Å²) in [4.78, 5) is 0. The van der Waals surface area contributed by atoms with Gasteiger partial charge < -0.3 is 10.1 Å². The van der Waals surface area contributed by atoms with Gasteiger partial charge in [-0.05, 0) is 24.3 Å². The van der Waals surface area contributed by atoms with Gasteiger partial charge >= 0.3 is 0 Å². The van der Waals surface area contributed by atoms with Gasteiger partial charge in [0.25, 0.3) is 0 Å². The molecular formula is C18H25NO. The fourth-order valence-corrected chi connectivity index (χ4v) is 3.02. The number of rotatable bonds is 5. The summed E-state index contributed by atoms with van der Waals surface area (Å²) in [6.45, 7) is 5.90. The molecule has 0 heterocycles. The van der Waals surface area contributed by atoms with Crippen molar-refractivity contribution in [1.29, 1.82) is 0 Å². The van der Waals surface area contributed by atoms with Crippen LogP contribution in [0.2, 0.25) is 0 Å². The van der Waals surface area contributed by atoms with E-state index in [1.165, 1.54) is 31.2 Å². The first-order valence-corrected chi connectivity index (χ1v) is 7.51. The first-order chi connectivity index (χ1) is 9.63. The van der Waals surface area contributed by atoms with Crippen molar-refractivity contribution in [2.75, 3.05) is 6.61 Å². The average molecular weight is 271 g/mol. The minimum Gasteiger partial charge on any atom is -0.481 e. The molecule has 1 fully saturated rings. The zero-order chi connectivity index (χ0) is 14.4. The van der Waals surface area contributed by atoms with Crippen molar-refractivity contribution >= 4 is 0 Å². The molecule has 0 amide bonds. The molecule has 2 nitrogen and oxygen atoms in total. The molecule has 1 N–H and O–H groups in total. The number of benzene rings is 1. The highest BCUT2D eigenvalue weighted by Gasteiger charge is 2.31. The third-order valence-electron chi connectivity index (χ3n) is 4.33. The van der Waals surface area contributed by atoms with Gasteiger partial charge in [0.1, 0.15) is 12.4 Å². The Morgan fingerprint density at radius 3 is 2.90 bits per heavy atom. The average Bonchev–Trinajstić information content (AvgIpc) is 2.44. The molecule has 1 aliphatic rings. The van der Waals surface area contributed by atoms with Gasteiger partial charge in [-0.15, -0.1) is 6.42 Å². The Labute approximate surface area is 122 Å². The van der Waals surface area contributed by atoms with E-state index >= 15 is 0 Å². The summed E-state index contributed by atoms with van der Waals surface area (Å²) in [6, 6.07) is 8.71. The zero-order valence-corrected chi connectivity index (χ0v) is 12.6. The predicted octanol–water partition coefficient (Wildman–Crippen LogP) is 3.76. The lowest BCUT2D eigenvalue weighted by atomic mass is 9.73. The SMILES string of the molecule is C#CCOc1ccccc1CNC1CCCCC1(C)C. The van der Waals surface area contributed by atoms with Crippen LogP contribution in [0.1, 0.15) is 45.1 Å². The van der Waals surface area contributed by atoms with Gasteiger partial charge in [-0.3, -0.25) is 0 Å². The van der Waals surface area contributed by atoms with E-state index in [2.05, 4.69) is 31.2 Å². The van der Waals surface area contributed by atoms with Crippen molar-refractivity contribution in [3.8, 4) is 18.1 Å².